The van der Waals surface area contributed by atoms with Gasteiger partial charge in [0.15, 0.2) is 0 Å². The summed E-state index contributed by atoms with van der Waals surface area (Å²) in [4.78, 5) is 23.1. The second-order valence-corrected chi connectivity index (χ2v) is 6.83. The monoisotopic (exact) mass is 354 g/mol. The predicted octanol–water partition coefficient (Wildman–Crippen LogP) is 0.769. The van der Waals surface area contributed by atoms with Crippen molar-refractivity contribution in [3.05, 3.63) is 36.0 Å². The molecule has 0 heterocycles. The molecule has 130 valence electrons. The van der Waals surface area contributed by atoms with E-state index >= 15 is 0 Å². The Hall–Kier alpha value is -2.39. The second-order valence-electron chi connectivity index (χ2n) is 5.12. The first-order chi connectivity index (χ1) is 11.4. The van der Waals surface area contributed by atoms with Gasteiger partial charge < -0.3 is 14.8 Å². The number of ether oxygens (including phenoxy) is 2. The standard InChI is InChI=1S/C15H18N2O6S/c1-22-14(18)9-13(15(19)23-2)16-10-5-7-12(8-6-10)24(20,21)17-11-3-4-11/h5-9,11,16-17H,3-4H2,1-2H3/b13-9+. The minimum absolute atomic E-state index is 0.0155. The normalized spacial score (nSPS) is 14.8. The van der Waals surface area contributed by atoms with E-state index in [4.69, 9.17) is 0 Å². The molecule has 1 aromatic rings. The van der Waals surface area contributed by atoms with Crippen LogP contribution in [0.2, 0.25) is 0 Å². The van der Waals surface area contributed by atoms with Crippen molar-refractivity contribution in [2.75, 3.05) is 19.5 Å². The number of esters is 2. The zero-order valence-electron chi connectivity index (χ0n) is 13.2. The Bertz CT molecular complexity index is 751. The molecule has 1 aromatic carbocycles. The van der Waals surface area contributed by atoms with Crippen LogP contribution in [-0.4, -0.2) is 40.6 Å². The van der Waals surface area contributed by atoms with E-state index in [1.54, 1.807) is 0 Å². The van der Waals surface area contributed by atoms with Crippen LogP contribution < -0.4 is 10.0 Å². The maximum absolute atomic E-state index is 12.1. The molecule has 2 N–H and O–H groups in total. The van der Waals surface area contributed by atoms with Crippen molar-refractivity contribution in [3.8, 4) is 0 Å². The van der Waals surface area contributed by atoms with Gasteiger partial charge in [0.05, 0.1) is 25.2 Å². The summed E-state index contributed by atoms with van der Waals surface area (Å²) >= 11 is 0. The van der Waals surface area contributed by atoms with Crippen LogP contribution in [0.15, 0.2) is 40.9 Å². The van der Waals surface area contributed by atoms with Gasteiger partial charge in [0, 0.05) is 11.7 Å². The van der Waals surface area contributed by atoms with E-state index in [-0.39, 0.29) is 16.6 Å². The number of sulfonamides is 1. The minimum atomic E-state index is -3.54. The lowest BCUT2D eigenvalue weighted by Gasteiger charge is -2.10. The Balaban J connectivity index is 2.15. The van der Waals surface area contributed by atoms with Crippen molar-refractivity contribution in [3.63, 3.8) is 0 Å². The Morgan fingerprint density at radius 3 is 2.25 bits per heavy atom. The molecule has 0 saturated heterocycles. The summed E-state index contributed by atoms with van der Waals surface area (Å²) in [5, 5.41) is 2.70. The molecule has 0 atom stereocenters. The van der Waals surface area contributed by atoms with E-state index in [9.17, 15) is 18.0 Å². The number of hydrogen-bond acceptors (Lipinski definition) is 7. The molecule has 1 saturated carbocycles. The number of rotatable bonds is 7. The Labute approximate surface area is 139 Å². The molecule has 0 aromatic heterocycles. The van der Waals surface area contributed by atoms with Crippen LogP contribution in [0.5, 0.6) is 0 Å². The molecule has 0 radical (unpaired) electrons. The fourth-order valence-electron chi connectivity index (χ4n) is 1.79. The number of nitrogens with one attached hydrogen (secondary N) is 2. The second kappa shape index (κ2) is 7.45. The van der Waals surface area contributed by atoms with Gasteiger partial charge in [-0.25, -0.2) is 22.7 Å². The summed E-state index contributed by atoms with van der Waals surface area (Å²) in [5.74, 6) is -1.48. The predicted molar refractivity (Wildman–Crippen MR) is 85.5 cm³/mol. The van der Waals surface area contributed by atoms with E-state index in [1.807, 2.05) is 0 Å². The van der Waals surface area contributed by atoms with Gasteiger partial charge in [0.1, 0.15) is 5.70 Å². The smallest absolute Gasteiger partial charge is 0.354 e. The van der Waals surface area contributed by atoms with Crippen molar-refractivity contribution in [2.24, 2.45) is 0 Å². The molecule has 1 aliphatic carbocycles. The first kappa shape index (κ1) is 18.0. The van der Waals surface area contributed by atoms with E-state index in [1.165, 1.54) is 38.5 Å². The summed E-state index contributed by atoms with van der Waals surface area (Å²) in [6.07, 6.45) is 2.64. The third-order valence-electron chi connectivity index (χ3n) is 3.21. The van der Waals surface area contributed by atoms with Gasteiger partial charge in [-0.05, 0) is 37.1 Å². The van der Waals surface area contributed by atoms with Gasteiger partial charge in [0.2, 0.25) is 10.0 Å². The average Bonchev–Trinajstić information content (AvgIpc) is 3.37. The molecule has 0 amide bonds. The highest BCUT2D eigenvalue weighted by atomic mass is 32.2. The van der Waals surface area contributed by atoms with Gasteiger partial charge in [0.25, 0.3) is 0 Å². The third-order valence-corrected chi connectivity index (χ3v) is 4.75. The summed E-state index contributed by atoms with van der Waals surface area (Å²) in [7, 11) is -1.19. The van der Waals surface area contributed by atoms with Gasteiger partial charge >= 0.3 is 11.9 Å². The van der Waals surface area contributed by atoms with E-state index in [0.717, 1.165) is 18.9 Å². The largest absolute Gasteiger partial charge is 0.466 e. The third kappa shape index (κ3) is 4.80. The number of carbonyl (C=O) groups is 2. The molecule has 8 nitrogen and oxygen atoms in total. The molecule has 0 bridgehead atoms. The molecule has 0 aliphatic heterocycles. The maximum atomic E-state index is 12.1. The Kier molecular flexibility index (Phi) is 5.58. The fraction of sp³-hybridized carbons (Fsp3) is 0.333. The molecular weight excluding hydrogens is 336 g/mol. The van der Waals surface area contributed by atoms with Gasteiger partial charge in [-0.15, -0.1) is 0 Å². The van der Waals surface area contributed by atoms with E-state index in [0.29, 0.717) is 5.69 Å². The summed E-state index contributed by atoms with van der Waals surface area (Å²) in [5.41, 5.74) is 0.289. The van der Waals surface area contributed by atoms with Crippen LogP contribution in [0, 0.1) is 0 Å². The SMILES string of the molecule is COC(=O)/C=C(/Nc1ccc(S(=O)(=O)NC2CC2)cc1)C(=O)OC. The number of benzene rings is 1. The Morgan fingerprint density at radius 1 is 1.12 bits per heavy atom. The van der Waals surface area contributed by atoms with Crippen LogP contribution in [0.25, 0.3) is 0 Å². The fourth-order valence-corrected chi connectivity index (χ4v) is 3.10. The van der Waals surface area contributed by atoms with Crippen molar-refractivity contribution < 1.29 is 27.5 Å². The number of methoxy groups -OCH3 is 2. The molecule has 2 rings (SSSR count). The van der Waals surface area contributed by atoms with Gasteiger partial charge in [-0.2, -0.15) is 0 Å². The van der Waals surface area contributed by atoms with Gasteiger partial charge in [-0.1, -0.05) is 0 Å². The van der Waals surface area contributed by atoms with Gasteiger partial charge in [-0.3, -0.25) is 0 Å². The zero-order valence-corrected chi connectivity index (χ0v) is 14.1. The van der Waals surface area contributed by atoms with Crippen LogP contribution in [-0.2, 0) is 29.1 Å². The highest BCUT2D eigenvalue weighted by Gasteiger charge is 2.27. The lowest BCUT2D eigenvalue weighted by molar-refractivity contribution is -0.138. The topological polar surface area (TPSA) is 111 Å². The summed E-state index contributed by atoms with van der Waals surface area (Å²) in [6.45, 7) is 0. The number of anilines is 1. The van der Waals surface area contributed by atoms with Crippen molar-refractivity contribution >= 4 is 27.6 Å². The highest BCUT2D eigenvalue weighted by Crippen LogP contribution is 2.23. The summed E-state index contributed by atoms with van der Waals surface area (Å²) in [6, 6.07) is 5.78. The van der Waals surface area contributed by atoms with Crippen molar-refractivity contribution in [1.29, 1.82) is 0 Å². The highest BCUT2D eigenvalue weighted by molar-refractivity contribution is 7.89. The maximum Gasteiger partial charge on any atom is 0.354 e. The average molecular weight is 354 g/mol. The summed E-state index contributed by atoms with van der Waals surface area (Å²) < 4.78 is 35.8. The molecular formula is C15H18N2O6S. The lowest BCUT2D eigenvalue weighted by Crippen LogP contribution is -2.25. The van der Waals surface area contributed by atoms with E-state index in [2.05, 4.69) is 19.5 Å². The van der Waals surface area contributed by atoms with Crippen LogP contribution in [0.3, 0.4) is 0 Å². The molecule has 0 spiro atoms. The first-order valence-electron chi connectivity index (χ1n) is 7.13. The minimum Gasteiger partial charge on any atom is -0.466 e. The van der Waals surface area contributed by atoms with Crippen LogP contribution in [0.4, 0.5) is 5.69 Å². The van der Waals surface area contributed by atoms with E-state index < -0.39 is 22.0 Å². The first-order valence-corrected chi connectivity index (χ1v) is 8.61. The molecule has 0 unspecified atom stereocenters. The molecule has 1 aliphatic rings. The number of hydrogen-bond donors (Lipinski definition) is 2. The Morgan fingerprint density at radius 2 is 1.75 bits per heavy atom. The molecule has 1 fully saturated rings. The number of carbonyl (C=O) groups excluding carboxylic acids is 2. The quantitative estimate of drug-likeness (QED) is 0.549. The van der Waals surface area contributed by atoms with Crippen molar-refractivity contribution in [1.82, 2.24) is 4.72 Å². The van der Waals surface area contributed by atoms with Crippen molar-refractivity contribution in [2.45, 2.75) is 23.8 Å². The molecule has 9 heteroatoms. The van der Waals surface area contributed by atoms with Crippen LogP contribution in [0.1, 0.15) is 12.8 Å². The zero-order chi connectivity index (χ0) is 17.7. The molecule has 24 heavy (non-hydrogen) atoms. The van der Waals surface area contributed by atoms with Crippen LogP contribution >= 0.6 is 0 Å². The lowest BCUT2D eigenvalue weighted by atomic mass is 10.3.